The number of ether oxygens (including phenoxy) is 1. The van der Waals surface area contributed by atoms with E-state index >= 15 is 0 Å². The standard InChI is InChI=1S/C23H23ClFN5O2S/c1-32-18-5-3-17(4-6-18)29-10-12-30(13-11-29)21-8-9-26-23(28-21)33-15-22(31)27-20-7-2-16(24)14-19(20)25/h2-9,14H,10-13,15H2,1H3,(H,27,31). The van der Waals surface area contributed by atoms with E-state index in [1.54, 1.807) is 13.3 Å². The third-order valence-electron chi connectivity index (χ3n) is 5.20. The van der Waals surface area contributed by atoms with E-state index in [-0.39, 0.29) is 22.4 Å². The first kappa shape index (κ1) is 23.1. The summed E-state index contributed by atoms with van der Waals surface area (Å²) in [6.45, 7) is 3.38. The summed E-state index contributed by atoms with van der Waals surface area (Å²) in [4.78, 5) is 25.6. The van der Waals surface area contributed by atoms with Crippen LogP contribution >= 0.6 is 23.4 Å². The molecule has 1 N–H and O–H groups in total. The van der Waals surface area contributed by atoms with E-state index in [0.29, 0.717) is 5.16 Å². The molecule has 3 aromatic rings. The number of anilines is 3. The minimum Gasteiger partial charge on any atom is -0.497 e. The van der Waals surface area contributed by atoms with E-state index in [1.165, 1.54) is 23.9 Å². The van der Waals surface area contributed by atoms with Crippen LogP contribution in [0.3, 0.4) is 0 Å². The molecule has 7 nitrogen and oxygen atoms in total. The lowest BCUT2D eigenvalue weighted by Gasteiger charge is -2.36. The van der Waals surface area contributed by atoms with Crippen LogP contribution in [0.2, 0.25) is 5.02 Å². The third-order valence-corrected chi connectivity index (χ3v) is 6.29. The lowest BCUT2D eigenvalue weighted by atomic mass is 10.2. The molecular weight excluding hydrogens is 465 g/mol. The summed E-state index contributed by atoms with van der Waals surface area (Å²) in [7, 11) is 1.66. The molecule has 4 rings (SSSR count). The van der Waals surface area contributed by atoms with Crippen LogP contribution in [0.4, 0.5) is 21.6 Å². The number of carbonyl (C=O) groups excluding carboxylic acids is 1. The number of hydrogen-bond donors (Lipinski definition) is 1. The molecule has 0 aliphatic carbocycles. The summed E-state index contributed by atoms with van der Waals surface area (Å²) in [5, 5.41) is 3.31. The van der Waals surface area contributed by atoms with Gasteiger partial charge >= 0.3 is 0 Å². The van der Waals surface area contributed by atoms with Gasteiger partial charge in [0.1, 0.15) is 17.4 Å². The predicted octanol–water partition coefficient (Wildman–Crippen LogP) is 4.34. The van der Waals surface area contributed by atoms with Gasteiger partial charge in [-0.3, -0.25) is 4.79 Å². The first-order valence-electron chi connectivity index (χ1n) is 10.4. The van der Waals surface area contributed by atoms with E-state index in [9.17, 15) is 9.18 Å². The lowest BCUT2D eigenvalue weighted by Crippen LogP contribution is -2.46. The molecule has 2 heterocycles. The number of nitrogens with zero attached hydrogens (tertiary/aromatic N) is 4. The molecule has 0 radical (unpaired) electrons. The zero-order valence-electron chi connectivity index (χ0n) is 18.0. The maximum absolute atomic E-state index is 13.9. The molecule has 0 unspecified atom stereocenters. The molecule has 1 amide bonds. The largest absolute Gasteiger partial charge is 0.497 e. The van der Waals surface area contributed by atoms with Gasteiger partial charge in [0.05, 0.1) is 18.6 Å². The van der Waals surface area contributed by atoms with Crippen molar-refractivity contribution in [1.29, 1.82) is 0 Å². The van der Waals surface area contributed by atoms with Gasteiger partial charge in [0.25, 0.3) is 0 Å². The summed E-state index contributed by atoms with van der Waals surface area (Å²) >= 11 is 6.94. The summed E-state index contributed by atoms with van der Waals surface area (Å²) in [5.74, 6) is 0.814. The fraction of sp³-hybridized carbons (Fsp3) is 0.261. The van der Waals surface area contributed by atoms with Gasteiger partial charge in [0.2, 0.25) is 5.91 Å². The van der Waals surface area contributed by atoms with Gasteiger partial charge in [-0.2, -0.15) is 0 Å². The third kappa shape index (κ3) is 6.06. The Balaban J connectivity index is 1.30. The zero-order valence-corrected chi connectivity index (χ0v) is 19.6. The van der Waals surface area contributed by atoms with Crippen molar-refractivity contribution in [2.24, 2.45) is 0 Å². The van der Waals surface area contributed by atoms with Gasteiger partial charge in [-0.05, 0) is 48.5 Å². The molecule has 0 bridgehead atoms. The molecule has 172 valence electrons. The number of carbonyl (C=O) groups is 1. The van der Waals surface area contributed by atoms with Crippen LogP contribution in [0.25, 0.3) is 0 Å². The van der Waals surface area contributed by atoms with Gasteiger partial charge < -0.3 is 19.9 Å². The van der Waals surface area contributed by atoms with E-state index in [0.717, 1.165) is 49.5 Å². The van der Waals surface area contributed by atoms with Gasteiger partial charge in [-0.25, -0.2) is 14.4 Å². The molecule has 1 aromatic heterocycles. The molecule has 33 heavy (non-hydrogen) atoms. The number of amides is 1. The van der Waals surface area contributed by atoms with E-state index in [2.05, 4.69) is 37.2 Å². The van der Waals surface area contributed by atoms with Crippen molar-refractivity contribution in [2.45, 2.75) is 5.16 Å². The fourth-order valence-corrected chi connectivity index (χ4v) is 4.26. The first-order chi connectivity index (χ1) is 16.0. The lowest BCUT2D eigenvalue weighted by molar-refractivity contribution is -0.113. The van der Waals surface area contributed by atoms with Crippen LogP contribution in [0.5, 0.6) is 5.75 Å². The summed E-state index contributed by atoms with van der Waals surface area (Å²) in [5.41, 5.74) is 1.26. The van der Waals surface area contributed by atoms with Crippen molar-refractivity contribution < 1.29 is 13.9 Å². The zero-order chi connectivity index (χ0) is 23.2. The Morgan fingerprint density at radius 1 is 1.12 bits per heavy atom. The summed E-state index contributed by atoms with van der Waals surface area (Å²) in [6.07, 6.45) is 1.69. The molecule has 10 heteroatoms. The van der Waals surface area contributed by atoms with Crippen molar-refractivity contribution >= 4 is 46.5 Å². The number of hydrogen-bond acceptors (Lipinski definition) is 7. The van der Waals surface area contributed by atoms with E-state index < -0.39 is 5.82 Å². The summed E-state index contributed by atoms with van der Waals surface area (Å²) < 4.78 is 19.1. The second-order valence-electron chi connectivity index (χ2n) is 7.33. The highest BCUT2D eigenvalue weighted by Crippen LogP contribution is 2.24. The number of benzene rings is 2. The van der Waals surface area contributed by atoms with Gasteiger partial charge in [0, 0.05) is 43.1 Å². The maximum Gasteiger partial charge on any atom is 0.234 e. The average molecular weight is 488 g/mol. The Labute approximate surface area is 200 Å². The van der Waals surface area contributed by atoms with E-state index in [1.807, 2.05) is 18.2 Å². The Morgan fingerprint density at radius 2 is 1.85 bits per heavy atom. The number of piperazine rings is 1. The van der Waals surface area contributed by atoms with Gasteiger partial charge in [0.15, 0.2) is 5.16 Å². The minimum atomic E-state index is -0.576. The predicted molar refractivity (Wildman–Crippen MR) is 130 cm³/mol. The van der Waals surface area contributed by atoms with Crippen LogP contribution in [0, 0.1) is 5.82 Å². The maximum atomic E-state index is 13.9. The topological polar surface area (TPSA) is 70.6 Å². The van der Waals surface area contributed by atoms with Gasteiger partial charge in [-0.15, -0.1) is 0 Å². The Morgan fingerprint density at radius 3 is 2.55 bits per heavy atom. The summed E-state index contributed by atoms with van der Waals surface area (Å²) in [6, 6.07) is 14.0. The normalized spacial score (nSPS) is 13.7. The highest BCUT2D eigenvalue weighted by molar-refractivity contribution is 7.99. The van der Waals surface area contributed by atoms with Crippen molar-refractivity contribution in [3.8, 4) is 5.75 Å². The number of halogens is 2. The number of aromatic nitrogens is 2. The highest BCUT2D eigenvalue weighted by Gasteiger charge is 2.19. The fourth-order valence-electron chi connectivity index (χ4n) is 3.47. The SMILES string of the molecule is COc1ccc(N2CCN(c3ccnc(SCC(=O)Nc4ccc(Cl)cc4F)n3)CC2)cc1. The molecule has 1 saturated heterocycles. The number of rotatable bonds is 7. The number of nitrogens with one attached hydrogen (secondary N) is 1. The van der Waals surface area contributed by atoms with Crippen molar-refractivity contribution in [1.82, 2.24) is 9.97 Å². The molecule has 0 saturated carbocycles. The minimum absolute atomic E-state index is 0.0662. The van der Waals surface area contributed by atoms with Crippen LogP contribution in [0.1, 0.15) is 0 Å². The molecule has 1 aliphatic rings. The molecule has 0 spiro atoms. The van der Waals surface area contributed by atoms with Crippen LogP contribution in [-0.2, 0) is 4.79 Å². The van der Waals surface area contributed by atoms with Crippen molar-refractivity contribution in [3.05, 3.63) is 65.6 Å². The Bertz CT molecular complexity index is 1110. The Kier molecular flexibility index (Phi) is 7.51. The monoisotopic (exact) mass is 487 g/mol. The highest BCUT2D eigenvalue weighted by atomic mass is 35.5. The van der Waals surface area contributed by atoms with Crippen LogP contribution in [-0.4, -0.2) is 54.9 Å². The first-order valence-corrected chi connectivity index (χ1v) is 11.7. The smallest absolute Gasteiger partial charge is 0.234 e. The van der Waals surface area contributed by atoms with E-state index in [4.69, 9.17) is 16.3 Å². The number of thioether (sulfide) groups is 1. The molecule has 0 atom stereocenters. The average Bonchev–Trinajstić information content (AvgIpc) is 2.85. The molecule has 1 aliphatic heterocycles. The quantitative estimate of drug-likeness (QED) is 0.392. The van der Waals surface area contributed by atoms with Gasteiger partial charge in [-0.1, -0.05) is 23.4 Å². The Hall–Kier alpha value is -3.04. The second-order valence-corrected chi connectivity index (χ2v) is 8.71. The molecular formula is C23H23ClFN5O2S. The second kappa shape index (κ2) is 10.7. The molecule has 2 aromatic carbocycles. The van der Waals surface area contributed by atoms with Crippen LogP contribution < -0.4 is 19.9 Å². The van der Waals surface area contributed by atoms with Crippen molar-refractivity contribution in [2.75, 3.05) is 54.2 Å². The number of methoxy groups -OCH3 is 1. The van der Waals surface area contributed by atoms with Crippen LogP contribution in [0.15, 0.2) is 59.9 Å². The van der Waals surface area contributed by atoms with Crippen molar-refractivity contribution in [3.63, 3.8) is 0 Å². The molecule has 1 fully saturated rings.